The van der Waals surface area contributed by atoms with Gasteiger partial charge in [0.05, 0.1) is 18.1 Å². The number of nitrogens with zero attached hydrogens (tertiary/aromatic N) is 3. The van der Waals surface area contributed by atoms with E-state index in [9.17, 15) is 13.2 Å². The Morgan fingerprint density at radius 3 is 2.83 bits per heavy atom. The van der Waals surface area contributed by atoms with E-state index >= 15 is 0 Å². The minimum Gasteiger partial charge on any atom is -0.383 e. The van der Waals surface area contributed by atoms with Gasteiger partial charge in [-0.25, -0.2) is 18.4 Å². The smallest absolute Gasteiger partial charge is 0.272 e. The number of carbonyl (C=O) groups excluding carboxylic acids is 1. The summed E-state index contributed by atoms with van der Waals surface area (Å²) in [7, 11) is 0.170. The van der Waals surface area contributed by atoms with E-state index in [-0.39, 0.29) is 29.1 Å². The monoisotopic (exact) mass is 342 g/mol. The fraction of sp³-hybridized carbons (Fsp3) is 0.643. The molecule has 0 aromatic carbocycles. The highest BCUT2D eigenvalue weighted by atomic mass is 32.2. The maximum absolute atomic E-state index is 12.6. The van der Waals surface area contributed by atoms with Crippen LogP contribution in [0.2, 0.25) is 0 Å². The largest absolute Gasteiger partial charge is 0.383 e. The van der Waals surface area contributed by atoms with Crippen LogP contribution in [0.15, 0.2) is 6.07 Å². The summed E-state index contributed by atoms with van der Waals surface area (Å²) in [6, 6.07) is 1.30. The number of anilines is 1. The van der Waals surface area contributed by atoms with Gasteiger partial charge >= 0.3 is 0 Å². The molecule has 1 aromatic heterocycles. The number of carbonyl (C=O) groups is 1. The molecule has 8 nitrogen and oxygen atoms in total. The zero-order chi connectivity index (χ0) is 17.0. The van der Waals surface area contributed by atoms with Crippen molar-refractivity contribution in [1.29, 1.82) is 0 Å². The molecule has 9 heteroatoms. The Kier molecular flexibility index (Phi) is 5.53. The molecule has 2 heterocycles. The molecular weight excluding hydrogens is 320 g/mol. The molecule has 0 radical (unpaired) electrons. The lowest BCUT2D eigenvalue weighted by Crippen LogP contribution is -2.38. The van der Waals surface area contributed by atoms with Gasteiger partial charge in [0.1, 0.15) is 5.69 Å². The van der Waals surface area contributed by atoms with E-state index in [2.05, 4.69) is 15.3 Å². The Bertz CT molecular complexity index is 677. The maximum Gasteiger partial charge on any atom is 0.272 e. The molecule has 1 N–H and O–H groups in total. The topological polar surface area (TPSA) is 101 Å². The molecule has 1 saturated heterocycles. The fourth-order valence-electron chi connectivity index (χ4n) is 2.45. The first kappa shape index (κ1) is 17.6. The van der Waals surface area contributed by atoms with Gasteiger partial charge in [0.15, 0.2) is 9.84 Å². The molecule has 23 heavy (non-hydrogen) atoms. The third kappa shape index (κ3) is 4.61. The van der Waals surface area contributed by atoms with Gasteiger partial charge in [0.25, 0.3) is 5.91 Å². The van der Waals surface area contributed by atoms with Crippen molar-refractivity contribution in [1.82, 2.24) is 14.9 Å². The maximum atomic E-state index is 12.6. The predicted octanol–water partition coefficient (Wildman–Crippen LogP) is 0.102. The molecule has 1 unspecified atom stereocenters. The Morgan fingerprint density at radius 1 is 1.48 bits per heavy atom. The number of methoxy groups -OCH3 is 1. The van der Waals surface area contributed by atoms with E-state index in [1.807, 2.05) is 0 Å². The van der Waals surface area contributed by atoms with Crippen LogP contribution in [0.3, 0.4) is 0 Å². The normalized spacial score (nSPS) is 19.5. The van der Waals surface area contributed by atoms with Gasteiger partial charge < -0.3 is 15.0 Å². The average molecular weight is 342 g/mol. The first-order chi connectivity index (χ1) is 10.8. The van der Waals surface area contributed by atoms with Crippen molar-refractivity contribution in [3.8, 4) is 0 Å². The van der Waals surface area contributed by atoms with Crippen LogP contribution >= 0.6 is 0 Å². The molecular formula is C14H22N4O4S. The van der Waals surface area contributed by atoms with Gasteiger partial charge in [-0.05, 0) is 19.4 Å². The number of amides is 1. The molecule has 0 bridgehead atoms. The third-order valence-corrected chi connectivity index (χ3v) is 5.49. The zero-order valence-corrected chi connectivity index (χ0v) is 14.4. The van der Waals surface area contributed by atoms with Gasteiger partial charge in [-0.3, -0.25) is 4.79 Å². The van der Waals surface area contributed by atoms with Crippen molar-refractivity contribution in [3.05, 3.63) is 17.5 Å². The minimum atomic E-state index is -3.04. The summed E-state index contributed by atoms with van der Waals surface area (Å²) in [5.74, 6) is 0.199. The molecule has 1 aliphatic heterocycles. The van der Waals surface area contributed by atoms with Crippen LogP contribution in [0, 0.1) is 6.92 Å². The van der Waals surface area contributed by atoms with Crippen molar-refractivity contribution in [2.24, 2.45) is 0 Å². The molecule has 0 spiro atoms. The summed E-state index contributed by atoms with van der Waals surface area (Å²) in [5, 5.41) is 2.99. The highest BCUT2D eigenvalue weighted by Gasteiger charge is 2.33. The van der Waals surface area contributed by atoms with Crippen molar-refractivity contribution >= 4 is 21.7 Å². The Balaban J connectivity index is 2.12. The lowest BCUT2D eigenvalue weighted by Gasteiger charge is -2.23. The Morgan fingerprint density at radius 2 is 2.22 bits per heavy atom. The molecule has 1 atom stereocenters. The second kappa shape index (κ2) is 7.22. The second-order valence-corrected chi connectivity index (χ2v) is 7.84. The number of sulfone groups is 1. The molecule has 1 amide bonds. The van der Waals surface area contributed by atoms with Crippen molar-refractivity contribution in [2.45, 2.75) is 19.4 Å². The van der Waals surface area contributed by atoms with E-state index in [1.54, 1.807) is 27.1 Å². The van der Waals surface area contributed by atoms with Crippen LogP contribution in [0.5, 0.6) is 0 Å². The molecule has 2 rings (SSSR count). The number of hydrogen-bond acceptors (Lipinski definition) is 7. The van der Waals surface area contributed by atoms with E-state index in [0.29, 0.717) is 31.2 Å². The summed E-state index contributed by atoms with van der Waals surface area (Å²) < 4.78 is 28.1. The standard InChI is InChI=1S/C14H22N4O4S/c1-10-8-12(17-14(16-10)15-5-6-22-3)13(19)18(2)11-4-7-23(20,21)9-11/h8,11H,4-7,9H2,1-3H3,(H,15,16,17). The number of aryl methyl sites for hydroxylation is 1. The van der Waals surface area contributed by atoms with Crippen molar-refractivity contribution < 1.29 is 17.9 Å². The number of ether oxygens (including phenoxy) is 1. The average Bonchev–Trinajstić information content (AvgIpc) is 2.85. The van der Waals surface area contributed by atoms with Gasteiger partial charge in [-0.2, -0.15) is 0 Å². The molecule has 0 aliphatic carbocycles. The molecule has 128 valence electrons. The first-order valence-corrected chi connectivity index (χ1v) is 9.20. The summed E-state index contributed by atoms with van der Waals surface area (Å²) in [6.45, 7) is 2.81. The highest BCUT2D eigenvalue weighted by Crippen LogP contribution is 2.18. The van der Waals surface area contributed by atoms with Crippen LogP contribution in [0.4, 0.5) is 5.95 Å². The van der Waals surface area contributed by atoms with Gasteiger partial charge in [-0.15, -0.1) is 0 Å². The molecule has 1 aromatic rings. The quantitative estimate of drug-likeness (QED) is 0.732. The summed E-state index contributed by atoms with van der Waals surface area (Å²) >= 11 is 0. The van der Waals surface area contributed by atoms with E-state index < -0.39 is 9.84 Å². The Labute approximate surface area is 136 Å². The lowest BCUT2D eigenvalue weighted by molar-refractivity contribution is 0.0741. The van der Waals surface area contributed by atoms with Crippen LogP contribution in [-0.4, -0.2) is 74.0 Å². The minimum absolute atomic E-state index is 0.0122. The second-order valence-electron chi connectivity index (χ2n) is 5.61. The molecule has 1 aliphatic rings. The number of hydrogen-bond donors (Lipinski definition) is 1. The van der Waals surface area contributed by atoms with Crippen molar-refractivity contribution in [2.75, 3.05) is 44.1 Å². The van der Waals surface area contributed by atoms with E-state index in [4.69, 9.17) is 4.74 Å². The predicted molar refractivity (Wildman–Crippen MR) is 86.3 cm³/mol. The fourth-order valence-corrected chi connectivity index (χ4v) is 4.22. The lowest BCUT2D eigenvalue weighted by atomic mass is 10.2. The van der Waals surface area contributed by atoms with E-state index in [0.717, 1.165) is 0 Å². The highest BCUT2D eigenvalue weighted by molar-refractivity contribution is 7.91. The van der Waals surface area contributed by atoms with Gasteiger partial charge in [-0.1, -0.05) is 0 Å². The summed E-state index contributed by atoms with van der Waals surface area (Å²) in [6.07, 6.45) is 0.466. The van der Waals surface area contributed by atoms with Crippen LogP contribution in [0.25, 0.3) is 0 Å². The number of aromatic nitrogens is 2. The van der Waals surface area contributed by atoms with Crippen LogP contribution in [-0.2, 0) is 14.6 Å². The third-order valence-electron chi connectivity index (χ3n) is 3.74. The SMILES string of the molecule is COCCNc1nc(C)cc(C(=O)N(C)C2CCS(=O)(=O)C2)n1. The van der Waals surface area contributed by atoms with Gasteiger partial charge in [0, 0.05) is 32.4 Å². The van der Waals surface area contributed by atoms with Crippen LogP contribution < -0.4 is 5.32 Å². The zero-order valence-electron chi connectivity index (χ0n) is 13.6. The molecule has 0 saturated carbocycles. The van der Waals surface area contributed by atoms with Crippen molar-refractivity contribution in [3.63, 3.8) is 0 Å². The van der Waals surface area contributed by atoms with Gasteiger partial charge in [0.2, 0.25) is 5.95 Å². The van der Waals surface area contributed by atoms with E-state index in [1.165, 1.54) is 4.90 Å². The first-order valence-electron chi connectivity index (χ1n) is 7.38. The Hall–Kier alpha value is -1.74. The van der Waals surface area contributed by atoms with Crippen LogP contribution in [0.1, 0.15) is 22.6 Å². The number of nitrogens with one attached hydrogen (secondary N) is 1. The molecule has 1 fully saturated rings. The number of rotatable bonds is 6. The summed E-state index contributed by atoms with van der Waals surface area (Å²) in [5.41, 5.74) is 0.917. The summed E-state index contributed by atoms with van der Waals surface area (Å²) in [4.78, 5) is 22.5.